The van der Waals surface area contributed by atoms with Gasteiger partial charge in [0, 0.05) is 12.1 Å². The maximum absolute atomic E-state index is 10.7. The van der Waals surface area contributed by atoms with Crippen molar-refractivity contribution in [2.24, 2.45) is 0 Å². The van der Waals surface area contributed by atoms with Gasteiger partial charge in [0.2, 0.25) is 0 Å². The molecule has 0 saturated carbocycles. The summed E-state index contributed by atoms with van der Waals surface area (Å²) >= 11 is 7.46. The van der Waals surface area contributed by atoms with Crippen LogP contribution in [-0.4, -0.2) is 31.6 Å². The molecule has 1 N–H and O–H groups in total. The number of hydrogen-bond donors (Lipinski definition) is 1. The zero-order valence-electron chi connectivity index (χ0n) is 11.8. The summed E-state index contributed by atoms with van der Waals surface area (Å²) in [6, 6.07) is 5.77. The molecule has 0 atom stereocenters. The molecule has 2 aromatic rings. The van der Waals surface area contributed by atoms with Crippen molar-refractivity contribution >= 4 is 29.3 Å². The molecule has 0 aliphatic heterocycles. The lowest BCUT2D eigenvalue weighted by atomic mass is 10.1. The van der Waals surface area contributed by atoms with Crippen LogP contribution < -0.4 is 0 Å². The van der Waals surface area contributed by atoms with E-state index in [0.29, 0.717) is 22.5 Å². The van der Waals surface area contributed by atoms with Crippen molar-refractivity contribution in [2.45, 2.75) is 32.0 Å². The second kappa shape index (κ2) is 6.95. The molecule has 0 spiro atoms. The Morgan fingerprint density at radius 3 is 2.81 bits per heavy atom. The predicted molar refractivity (Wildman–Crippen MR) is 83.9 cm³/mol. The zero-order chi connectivity index (χ0) is 15.4. The van der Waals surface area contributed by atoms with Crippen LogP contribution in [0.15, 0.2) is 23.4 Å². The molecule has 1 aromatic heterocycles. The highest BCUT2D eigenvalue weighted by Gasteiger charge is 2.16. The molecular weight excluding hydrogens is 310 g/mol. The summed E-state index contributed by atoms with van der Waals surface area (Å²) in [6.07, 6.45) is 0.898. The van der Waals surface area contributed by atoms with Crippen LogP contribution in [0.25, 0.3) is 11.4 Å². The summed E-state index contributed by atoms with van der Waals surface area (Å²) < 4.78 is 1.92. The van der Waals surface area contributed by atoms with Gasteiger partial charge in [0.1, 0.15) is 0 Å². The van der Waals surface area contributed by atoms with E-state index >= 15 is 0 Å². The highest BCUT2D eigenvalue weighted by Crippen LogP contribution is 2.30. The highest BCUT2D eigenvalue weighted by molar-refractivity contribution is 7.99. The minimum Gasteiger partial charge on any atom is -0.481 e. The summed E-state index contributed by atoms with van der Waals surface area (Å²) in [6.45, 7) is 4.74. The quantitative estimate of drug-likeness (QED) is 0.823. The van der Waals surface area contributed by atoms with Crippen LogP contribution in [-0.2, 0) is 11.3 Å². The van der Waals surface area contributed by atoms with Crippen LogP contribution in [0, 0.1) is 6.92 Å². The monoisotopic (exact) mass is 325 g/mol. The van der Waals surface area contributed by atoms with Crippen LogP contribution in [0.3, 0.4) is 0 Å². The Labute approximate surface area is 132 Å². The first-order valence-electron chi connectivity index (χ1n) is 6.57. The first-order chi connectivity index (χ1) is 10.0. The second-order valence-electron chi connectivity index (χ2n) is 4.62. The molecule has 0 fully saturated rings. The molecule has 5 nitrogen and oxygen atoms in total. The molecule has 2 rings (SSSR count). The van der Waals surface area contributed by atoms with Gasteiger partial charge in [-0.2, -0.15) is 0 Å². The van der Waals surface area contributed by atoms with Crippen molar-refractivity contribution in [1.82, 2.24) is 14.8 Å². The van der Waals surface area contributed by atoms with Crippen LogP contribution >= 0.6 is 23.4 Å². The lowest BCUT2D eigenvalue weighted by Crippen LogP contribution is -2.04. The topological polar surface area (TPSA) is 68.0 Å². The van der Waals surface area contributed by atoms with Gasteiger partial charge in [-0.1, -0.05) is 36.4 Å². The molecule has 1 aromatic carbocycles. The van der Waals surface area contributed by atoms with Crippen molar-refractivity contribution in [3.05, 3.63) is 28.8 Å². The fraction of sp³-hybridized carbons (Fsp3) is 0.357. The van der Waals surface area contributed by atoms with Crippen molar-refractivity contribution < 1.29 is 9.90 Å². The van der Waals surface area contributed by atoms with Gasteiger partial charge in [-0.3, -0.25) is 4.79 Å². The maximum Gasteiger partial charge on any atom is 0.313 e. The number of benzene rings is 1. The Hall–Kier alpha value is -1.53. The van der Waals surface area contributed by atoms with Crippen molar-refractivity contribution in [3.8, 4) is 11.4 Å². The number of carboxylic acid groups (broad SMARTS) is 1. The molecule has 21 heavy (non-hydrogen) atoms. The largest absolute Gasteiger partial charge is 0.481 e. The standard InChI is InChI=1S/C14H16ClN3O2S/c1-3-6-18-13(10-5-4-9(2)7-11(10)15)16-17-14(18)21-8-12(19)20/h4-5,7H,3,6,8H2,1-2H3,(H,19,20). The van der Waals surface area contributed by atoms with E-state index in [1.54, 1.807) is 0 Å². The Morgan fingerprint density at radius 2 is 2.19 bits per heavy atom. The molecule has 0 bridgehead atoms. The molecule has 0 amide bonds. The number of halogens is 1. The molecule has 1 heterocycles. The Balaban J connectivity index is 2.41. The Kier molecular flexibility index (Phi) is 5.25. The average molecular weight is 326 g/mol. The number of carboxylic acids is 1. The number of aliphatic carboxylic acids is 1. The van der Waals surface area contributed by atoms with Crippen LogP contribution in [0.2, 0.25) is 5.02 Å². The van der Waals surface area contributed by atoms with E-state index in [1.807, 2.05) is 36.6 Å². The van der Waals surface area contributed by atoms with Gasteiger partial charge in [0.25, 0.3) is 0 Å². The molecule has 0 saturated heterocycles. The van der Waals surface area contributed by atoms with Gasteiger partial charge in [0.15, 0.2) is 11.0 Å². The van der Waals surface area contributed by atoms with Crippen LogP contribution in [0.1, 0.15) is 18.9 Å². The van der Waals surface area contributed by atoms with Gasteiger partial charge in [-0.25, -0.2) is 0 Å². The third-order valence-corrected chi connectivity index (χ3v) is 4.12. The van der Waals surface area contributed by atoms with E-state index in [2.05, 4.69) is 10.2 Å². The average Bonchev–Trinajstić information content (AvgIpc) is 2.80. The van der Waals surface area contributed by atoms with Crippen LogP contribution in [0.5, 0.6) is 0 Å². The molecule has 0 radical (unpaired) electrons. The van der Waals surface area contributed by atoms with E-state index < -0.39 is 5.97 Å². The van der Waals surface area contributed by atoms with Gasteiger partial charge >= 0.3 is 5.97 Å². The fourth-order valence-corrected chi connectivity index (χ4v) is 2.95. The lowest BCUT2D eigenvalue weighted by molar-refractivity contribution is -0.133. The van der Waals surface area contributed by atoms with E-state index in [9.17, 15) is 4.79 Å². The van der Waals surface area contributed by atoms with Gasteiger partial charge < -0.3 is 9.67 Å². The number of aryl methyl sites for hydroxylation is 1. The van der Waals surface area contributed by atoms with E-state index in [0.717, 1.165) is 17.5 Å². The SMILES string of the molecule is CCCn1c(SCC(=O)O)nnc1-c1ccc(C)cc1Cl. The molecule has 112 valence electrons. The summed E-state index contributed by atoms with van der Waals surface area (Å²) in [7, 11) is 0. The smallest absolute Gasteiger partial charge is 0.313 e. The number of hydrogen-bond acceptors (Lipinski definition) is 4. The number of nitrogens with zero attached hydrogens (tertiary/aromatic N) is 3. The van der Waals surface area contributed by atoms with Crippen LogP contribution in [0.4, 0.5) is 0 Å². The third kappa shape index (κ3) is 3.77. The third-order valence-electron chi connectivity index (χ3n) is 2.85. The van der Waals surface area contributed by atoms with E-state index in [-0.39, 0.29) is 5.75 Å². The van der Waals surface area contributed by atoms with Crippen molar-refractivity contribution in [2.75, 3.05) is 5.75 Å². The molecular formula is C14H16ClN3O2S. The highest BCUT2D eigenvalue weighted by atomic mass is 35.5. The summed E-state index contributed by atoms with van der Waals surface area (Å²) in [4.78, 5) is 10.7. The van der Waals surface area contributed by atoms with E-state index in [4.69, 9.17) is 16.7 Å². The first kappa shape index (κ1) is 15.9. The van der Waals surface area contributed by atoms with Gasteiger partial charge in [0.05, 0.1) is 10.8 Å². The molecule has 0 aliphatic rings. The minimum absolute atomic E-state index is 0.0382. The van der Waals surface area contributed by atoms with Crippen molar-refractivity contribution in [3.63, 3.8) is 0 Å². The normalized spacial score (nSPS) is 10.8. The van der Waals surface area contributed by atoms with E-state index in [1.165, 1.54) is 11.8 Å². The van der Waals surface area contributed by atoms with Gasteiger partial charge in [-0.15, -0.1) is 10.2 Å². The number of rotatable bonds is 6. The second-order valence-corrected chi connectivity index (χ2v) is 5.97. The summed E-state index contributed by atoms with van der Waals surface area (Å²) in [5.41, 5.74) is 1.89. The summed E-state index contributed by atoms with van der Waals surface area (Å²) in [5, 5.41) is 18.3. The summed E-state index contributed by atoms with van der Waals surface area (Å²) in [5.74, 6) is -0.237. The van der Waals surface area contributed by atoms with Crippen molar-refractivity contribution in [1.29, 1.82) is 0 Å². The molecule has 0 aliphatic carbocycles. The number of aromatic nitrogens is 3. The maximum atomic E-state index is 10.7. The zero-order valence-corrected chi connectivity index (χ0v) is 13.4. The first-order valence-corrected chi connectivity index (χ1v) is 7.93. The Morgan fingerprint density at radius 1 is 1.43 bits per heavy atom. The number of carbonyl (C=O) groups is 1. The number of thioether (sulfide) groups is 1. The lowest BCUT2D eigenvalue weighted by Gasteiger charge is -2.09. The molecule has 7 heteroatoms. The molecule has 0 unspecified atom stereocenters. The Bertz CT molecular complexity index is 658. The van der Waals surface area contributed by atoms with Gasteiger partial charge in [-0.05, 0) is 31.0 Å². The minimum atomic E-state index is -0.874. The fourth-order valence-electron chi connectivity index (χ4n) is 1.95. The predicted octanol–water partition coefficient (Wildman–Crippen LogP) is 3.49.